The Kier molecular flexibility index (Phi) is 4.97. The monoisotopic (exact) mass is 389 g/mol. The second kappa shape index (κ2) is 7.89. The normalized spacial score (nSPS) is 17.2. The van der Waals surface area contributed by atoms with Crippen molar-refractivity contribution in [1.29, 1.82) is 0 Å². The molecule has 2 aliphatic rings. The highest BCUT2D eigenvalue weighted by Crippen LogP contribution is 2.22. The van der Waals surface area contributed by atoms with Crippen molar-refractivity contribution in [3.8, 4) is 11.3 Å². The summed E-state index contributed by atoms with van der Waals surface area (Å²) in [6.45, 7) is 3.74. The van der Waals surface area contributed by atoms with Crippen LogP contribution >= 0.6 is 11.3 Å². The van der Waals surface area contributed by atoms with E-state index in [1.165, 1.54) is 35.2 Å². The summed E-state index contributed by atoms with van der Waals surface area (Å²) in [6, 6.07) is 6.42. The molecule has 5 rings (SSSR count). The lowest BCUT2D eigenvalue weighted by Crippen LogP contribution is -2.31. The van der Waals surface area contributed by atoms with Gasteiger partial charge in [-0.25, -0.2) is 9.97 Å². The van der Waals surface area contributed by atoms with E-state index in [0.717, 1.165) is 56.3 Å². The molecule has 28 heavy (non-hydrogen) atoms. The van der Waals surface area contributed by atoms with Crippen LogP contribution in [0.3, 0.4) is 0 Å². The molecule has 0 aromatic carbocycles. The fraction of sp³-hybridized carbons (Fsp3) is 0.364. The molecule has 0 bridgehead atoms. The van der Waals surface area contributed by atoms with Crippen LogP contribution in [-0.2, 0) is 19.5 Å². The van der Waals surface area contributed by atoms with Crippen LogP contribution in [0.15, 0.2) is 46.3 Å². The Morgan fingerprint density at radius 1 is 1.04 bits per heavy atom. The minimum atomic E-state index is 0.847. The highest BCUT2D eigenvalue weighted by Gasteiger charge is 2.20. The highest BCUT2D eigenvalue weighted by molar-refractivity contribution is 7.08. The molecule has 3 aromatic rings. The van der Waals surface area contributed by atoms with E-state index in [-0.39, 0.29) is 0 Å². The number of hydrogen-bond donors (Lipinski definition) is 0. The number of pyridine rings is 1. The van der Waals surface area contributed by atoms with Gasteiger partial charge in [0.25, 0.3) is 0 Å². The lowest BCUT2D eigenvalue weighted by Gasteiger charge is -2.28. The van der Waals surface area contributed by atoms with E-state index in [0.29, 0.717) is 0 Å². The van der Waals surface area contributed by atoms with Crippen LogP contribution in [0.4, 0.5) is 0 Å². The molecule has 2 aliphatic heterocycles. The molecule has 0 spiro atoms. The van der Waals surface area contributed by atoms with E-state index in [1.54, 1.807) is 11.3 Å². The van der Waals surface area contributed by atoms with Gasteiger partial charge >= 0.3 is 0 Å². The fourth-order valence-electron chi connectivity index (χ4n) is 3.89. The molecule has 0 saturated heterocycles. The van der Waals surface area contributed by atoms with Gasteiger partial charge in [0, 0.05) is 61.5 Å². The van der Waals surface area contributed by atoms with E-state index >= 15 is 0 Å². The number of aliphatic imine (C=N–C) groups is 1. The molecule has 0 fully saturated rings. The Morgan fingerprint density at radius 2 is 2.04 bits per heavy atom. The maximum absolute atomic E-state index is 4.84. The lowest BCUT2D eigenvalue weighted by molar-refractivity contribution is 0.242. The van der Waals surface area contributed by atoms with Gasteiger partial charge in [-0.2, -0.15) is 11.3 Å². The first kappa shape index (κ1) is 17.6. The van der Waals surface area contributed by atoms with Crippen molar-refractivity contribution in [2.75, 3.05) is 13.1 Å². The van der Waals surface area contributed by atoms with Crippen LogP contribution in [0.25, 0.3) is 11.3 Å². The summed E-state index contributed by atoms with van der Waals surface area (Å²) in [7, 11) is 0. The summed E-state index contributed by atoms with van der Waals surface area (Å²) in [4.78, 5) is 21.2. The summed E-state index contributed by atoms with van der Waals surface area (Å²) in [5.74, 6) is 0.847. The molecule has 3 aromatic heterocycles. The third-order valence-electron chi connectivity index (χ3n) is 5.44. The van der Waals surface area contributed by atoms with Crippen molar-refractivity contribution >= 4 is 17.0 Å². The molecule has 0 aliphatic carbocycles. The van der Waals surface area contributed by atoms with Gasteiger partial charge in [-0.1, -0.05) is 6.07 Å². The Morgan fingerprint density at radius 3 is 2.82 bits per heavy atom. The summed E-state index contributed by atoms with van der Waals surface area (Å²) in [6.07, 6.45) is 8.39. The minimum absolute atomic E-state index is 0.847. The number of fused-ring (bicyclic) bond motifs is 1. The SMILES string of the molecule is c1cc(-c2ccc(CN3CCc4nc(C5=NCCCC5)ncc4C3)cn2)cs1. The van der Waals surface area contributed by atoms with E-state index in [1.807, 2.05) is 12.4 Å². The lowest BCUT2D eigenvalue weighted by atomic mass is 10.0. The minimum Gasteiger partial charge on any atom is -0.294 e. The van der Waals surface area contributed by atoms with Crippen molar-refractivity contribution in [3.05, 3.63) is 64.0 Å². The molecule has 0 amide bonds. The zero-order valence-electron chi connectivity index (χ0n) is 15.8. The number of nitrogens with zero attached hydrogens (tertiary/aromatic N) is 5. The quantitative estimate of drug-likeness (QED) is 0.673. The second-order valence-electron chi connectivity index (χ2n) is 7.48. The van der Waals surface area contributed by atoms with Crippen molar-refractivity contribution in [2.45, 2.75) is 38.8 Å². The summed E-state index contributed by atoms with van der Waals surface area (Å²) in [5.41, 5.74) is 7.01. The molecule has 0 atom stereocenters. The summed E-state index contributed by atoms with van der Waals surface area (Å²) < 4.78 is 0. The maximum Gasteiger partial charge on any atom is 0.173 e. The van der Waals surface area contributed by atoms with Crippen LogP contribution in [0.5, 0.6) is 0 Å². The third kappa shape index (κ3) is 3.75. The standard InChI is InChI=1S/C22H23N5S/c1-2-8-23-21(3-1)22-25-12-18-14-27(9-6-20(18)26-22)13-16-4-5-19(24-11-16)17-7-10-28-15-17/h4-5,7,10-12,15H,1-3,6,8-9,13-14H2. The summed E-state index contributed by atoms with van der Waals surface area (Å²) >= 11 is 1.70. The first-order valence-corrected chi connectivity index (χ1v) is 10.9. The van der Waals surface area contributed by atoms with Crippen molar-refractivity contribution in [2.24, 2.45) is 4.99 Å². The number of thiophene rings is 1. The number of hydrogen-bond acceptors (Lipinski definition) is 6. The van der Waals surface area contributed by atoms with Crippen molar-refractivity contribution < 1.29 is 0 Å². The molecule has 6 heteroatoms. The van der Waals surface area contributed by atoms with E-state index in [9.17, 15) is 0 Å². The Bertz CT molecular complexity index is 979. The van der Waals surface area contributed by atoms with Gasteiger partial charge in [0.05, 0.1) is 17.1 Å². The van der Waals surface area contributed by atoms with Gasteiger partial charge in [0.15, 0.2) is 5.82 Å². The van der Waals surface area contributed by atoms with Crippen LogP contribution in [0.1, 0.15) is 41.9 Å². The van der Waals surface area contributed by atoms with Gasteiger partial charge in [0.2, 0.25) is 0 Å². The fourth-order valence-corrected chi connectivity index (χ4v) is 4.54. The smallest absolute Gasteiger partial charge is 0.173 e. The molecular weight excluding hydrogens is 366 g/mol. The van der Waals surface area contributed by atoms with E-state index in [4.69, 9.17) is 4.98 Å². The maximum atomic E-state index is 4.84. The zero-order valence-corrected chi connectivity index (χ0v) is 16.7. The molecule has 0 radical (unpaired) electrons. The van der Waals surface area contributed by atoms with Crippen molar-refractivity contribution in [3.63, 3.8) is 0 Å². The van der Waals surface area contributed by atoms with Gasteiger partial charge in [-0.3, -0.25) is 14.9 Å². The van der Waals surface area contributed by atoms with Crippen molar-refractivity contribution in [1.82, 2.24) is 19.9 Å². The molecule has 5 nitrogen and oxygen atoms in total. The Hall–Kier alpha value is -2.44. The number of aromatic nitrogens is 3. The van der Waals surface area contributed by atoms with E-state index < -0.39 is 0 Å². The van der Waals surface area contributed by atoms with Gasteiger partial charge in [-0.05, 0) is 42.3 Å². The molecule has 0 unspecified atom stereocenters. The first-order valence-electron chi connectivity index (χ1n) is 9.93. The van der Waals surface area contributed by atoms with Gasteiger partial charge in [0.1, 0.15) is 0 Å². The average Bonchev–Trinajstić information content (AvgIpc) is 3.29. The third-order valence-corrected chi connectivity index (χ3v) is 6.13. The average molecular weight is 390 g/mol. The van der Waals surface area contributed by atoms with E-state index in [2.05, 4.69) is 48.8 Å². The van der Waals surface area contributed by atoms with Crippen LogP contribution in [0.2, 0.25) is 0 Å². The van der Waals surface area contributed by atoms with Crippen LogP contribution in [-0.4, -0.2) is 38.7 Å². The van der Waals surface area contributed by atoms with Gasteiger partial charge in [-0.15, -0.1) is 0 Å². The second-order valence-corrected chi connectivity index (χ2v) is 8.26. The topological polar surface area (TPSA) is 54.3 Å². The Labute approximate surface area is 169 Å². The van der Waals surface area contributed by atoms with Crippen LogP contribution in [0, 0.1) is 0 Å². The van der Waals surface area contributed by atoms with Gasteiger partial charge < -0.3 is 0 Å². The molecule has 0 N–H and O–H groups in total. The largest absolute Gasteiger partial charge is 0.294 e. The van der Waals surface area contributed by atoms with Crippen LogP contribution < -0.4 is 0 Å². The Balaban J connectivity index is 1.26. The molecule has 0 saturated carbocycles. The summed E-state index contributed by atoms with van der Waals surface area (Å²) in [5, 5.41) is 4.22. The highest BCUT2D eigenvalue weighted by atomic mass is 32.1. The number of rotatable bonds is 4. The zero-order chi connectivity index (χ0) is 18.8. The molecule has 5 heterocycles. The predicted molar refractivity (Wildman–Crippen MR) is 113 cm³/mol. The first-order chi connectivity index (χ1) is 13.8. The predicted octanol–water partition coefficient (Wildman–Crippen LogP) is 4.13. The molecular formula is C22H23N5S. The molecule has 142 valence electrons.